The molecule has 17 heavy (non-hydrogen) atoms. The number of hydrogen-bond acceptors (Lipinski definition) is 5. The Balaban J connectivity index is 2.10. The maximum atomic E-state index is 11.9. The summed E-state index contributed by atoms with van der Waals surface area (Å²) in [6, 6.07) is 1.46. The third kappa shape index (κ3) is 2.59. The van der Waals surface area contributed by atoms with Crippen molar-refractivity contribution in [2.24, 2.45) is 0 Å². The SMILES string of the molecule is CC(NC(=O)c1cnccc1N)c1nccs1. The lowest BCUT2D eigenvalue weighted by molar-refractivity contribution is 0.0940. The number of carbonyl (C=O) groups is 1. The van der Waals surface area contributed by atoms with Crippen LogP contribution in [0, 0.1) is 0 Å². The third-order valence-electron chi connectivity index (χ3n) is 2.27. The van der Waals surface area contributed by atoms with Gasteiger partial charge in [0.15, 0.2) is 0 Å². The molecule has 88 valence electrons. The third-order valence-corrected chi connectivity index (χ3v) is 3.23. The van der Waals surface area contributed by atoms with Crippen LogP contribution in [0.1, 0.15) is 28.3 Å². The Bertz CT molecular complexity index is 512. The molecule has 2 rings (SSSR count). The van der Waals surface area contributed by atoms with Crippen molar-refractivity contribution in [1.29, 1.82) is 0 Å². The van der Waals surface area contributed by atoms with Crippen molar-refractivity contribution in [3.05, 3.63) is 40.6 Å². The molecule has 2 aromatic heterocycles. The van der Waals surface area contributed by atoms with Crippen LogP contribution in [0.15, 0.2) is 30.0 Å². The minimum Gasteiger partial charge on any atom is -0.398 e. The van der Waals surface area contributed by atoms with Gasteiger partial charge in [0.25, 0.3) is 5.91 Å². The van der Waals surface area contributed by atoms with Crippen LogP contribution in [0.5, 0.6) is 0 Å². The Hall–Kier alpha value is -1.95. The highest BCUT2D eigenvalue weighted by atomic mass is 32.1. The maximum Gasteiger partial charge on any atom is 0.255 e. The lowest BCUT2D eigenvalue weighted by Gasteiger charge is -2.11. The minimum atomic E-state index is -0.238. The van der Waals surface area contributed by atoms with E-state index in [1.165, 1.54) is 17.5 Å². The molecular formula is C11H12N4OS. The zero-order valence-corrected chi connectivity index (χ0v) is 10.1. The van der Waals surface area contributed by atoms with Crippen molar-refractivity contribution in [2.75, 3.05) is 5.73 Å². The fraction of sp³-hybridized carbons (Fsp3) is 0.182. The van der Waals surface area contributed by atoms with E-state index < -0.39 is 0 Å². The van der Waals surface area contributed by atoms with E-state index >= 15 is 0 Å². The van der Waals surface area contributed by atoms with E-state index in [-0.39, 0.29) is 11.9 Å². The van der Waals surface area contributed by atoms with Crippen molar-refractivity contribution in [2.45, 2.75) is 13.0 Å². The molecule has 5 nitrogen and oxygen atoms in total. The summed E-state index contributed by atoms with van der Waals surface area (Å²) in [5.41, 5.74) is 6.51. The summed E-state index contributed by atoms with van der Waals surface area (Å²) in [5.74, 6) is -0.238. The molecule has 0 radical (unpaired) electrons. The van der Waals surface area contributed by atoms with E-state index in [4.69, 9.17) is 5.73 Å². The van der Waals surface area contributed by atoms with Crippen LogP contribution < -0.4 is 11.1 Å². The number of nitrogens with two attached hydrogens (primary N) is 1. The fourth-order valence-electron chi connectivity index (χ4n) is 1.38. The van der Waals surface area contributed by atoms with Gasteiger partial charge in [-0.15, -0.1) is 11.3 Å². The number of nitrogens with zero attached hydrogens (tertiary/aromatic N) is 2. The van der Waals surface area contributed by atoms with Crippen LogP contribution in [-0.2, 0) is 0 Å². The molecule has 0 spiro atoms. The molecule has 1 atom stereocenters. The second-order valence-corrected chi connectivity index (χ2v) is 4.45. The first-order chi connectivity index (χ1) is 8.18. The number of anilines is 1. The first-order valence-corrected chi connectivity index (χ1v) is 5.96. The first-order valence-electron chi connectivity index (χ1n) is 5.08. The fourth-order valence-corrected chi connectivity index (χ4v) is 2.03. The van der Waals surface area contributed by atoms with E-state index in [0.29, 0.717) is 11.3 Å². The Morgan fingerprint density at radius 2 is 2.35 bits per heavy atom. The van der Waals surface area contributed by atoms with Crippen molar-refractivity contribution < 1.29 is 4.79 Å². The van der Waals surface area contributed by atoms with Gasteiger partial charge in [-0.25, -0.2) is 4.98 Å². The minimum absolute atomic E-state index is 0.137. The summed E-state index contributed by atoms with van der Waals surface area (Å²) in [6.07, 6.45) is 4.72. The van der Waals surface area contributed by atoms with Gasteiger partial charge in [-0.3, -0.25) is 9.78 Å². The van der Waals surface area contributed by atoms with E-state index in [1.54, 1.807) is 18.5 Å². The molecule has 0 aliphatic heterocycles. The number of hydrogen-bond donors (Lipinski definition) is 2. The summed E-state index contributed by atoms with van der Waals surface area (Å²) in [6.45, 7) is 1.88. The van der Waals surface area contributed by atoms with Crippen molar-refractivity contribution in [3.63, 3.8) is 0 Å². The second kappa shape index (κ2) is 4.92. The largest absolute Gasteiger partial charge is 0.398 e. The molecule has 0 saturated carbocycles. The topological polar surface area (TPSA) is 80.9 Å². The number of pyridine rings is 1. The van der Waals surface area contributed by atoms with Crippen LogP contribution in [0.3, 0.4) is 0 Å². The van der Waals surface area contributed by atoms with Crippen LogP contribution in [-0.4, -0.2) is 15.9 Å². The molecule has 6 heteroatoms. The number of rotatable bonds is 3. The average molecular weight is 248 g/mol. The lowest BCUT2D eigenvalue weighted by atomic mass is 10.2. The van der Waals surface area contributed by atoms with Crippen molar-refractivity contribution in [1.82, 2.24) is 15.3 Å². The summed E-state index contributed by atoms with van der Waals surface area (Å²) in [4.78, 5) is 19.9. The van der Waals surface area contributed by atoms with Crippen LogP contribution >= 0.6 is 11.3 Å². The number of thiazole rings is 1. The number of amides is 1. The molecule has 2 heterocycles. The summed E-state index contributed by atoms with van der Waals surface area (Å²) < 4.78 is 0. The maximum absolute atomic E-state index is 11.9. The standard InChI is InChI=1S/C11H12N4OS/c1-7(11-14-4-5-17-11)15-10(16)8-6-13-3-2-9(8)12/h2-7H,1H3,(H2,12,13)(H,15,16). The molecule has 0 aliphatic rings. The van der Waals surface area contributed by atoms with E-state index in [0.717, 1.165) is 5.01 Å². The molecule has 2 aromatic rings. The van der Waals surface area contributed by atoms with Gasteiger partial charge in [0.2, 0.25) is 0 Å². The second-order valence-electron chi connectivity index (χ2n) is 3.53. The molecule has 1 amide bonds. The van der Waals surface area contributed by atoms with E-state index in [2.05, 4.69) is 15.3 Å². The van der Waals surface area contributed by atoms with Crippen LogP contribution in [0.2, 0.25) is 0 Å². The number of nitrogens with one attached hydrogen (secondary N) is 1. The van der Waals surface area contributed by atoms with Gasteiger partial charge in [-0.2, -0.15) is 0 Å². The summed E-state index contributed by atoms with van der Waals surface area (Å²) >= 11 is 1.50. The van der Waals surface area contributed by atoms with Gasteiger partial charge in [0.05, 0.1) is 11.6 Å². The average Bonchev–Trinajstić information content (AvgIpc) is 2.82. The number of aromatic nitrogens is 2. The zero-order chi connectivity index (χ0) is 12.3. The number of nitrogen functional groups attached to an aromatic ring is 1. The Morgan fingerprint density at radius 3 is 3.00 bits per heavy atom. The number of carbonyl (C=O) groups excluding carboxylic acids is 1. The van der Waals surface area contributed by atoms with E-state index in [9.17, 15) is 4.79 Å². The lowest BCUT2D eigenvalue weighted by Crippen LogP contribution is -2.27. The normalized spacial score (nSPS) is 12.1. The smallest absolute Gasteiger partial charge is 0.255 e. The van der Waals surface area contributed by atoms with Crippen LogP contribution in [0.25, 0.3) is 0 Å². The molecule has 0 aliphatic carbocycles. The molecule has 0 fully saturated rings. The molecule has 0 aromatic carbocycles. The van der Waals surface area contributed by atoms with Crippen molar-refractivity contribution in [3.8, 4) is 0 Å². The summed E-state index contributed by atoms with van der Waals surface area (Å²) in [7, 11) is 0. The monoisotopic (exact) mass is 248 g/mol. The van der Waals surface area contributed by atoms with Gasteiger partial charge < -0.3 is 11.1 Å². The molecule has 1 unspecified atom stereocenters. The molecule has 3 N–H and O–H groups in total. The van der Waals surface area contributed by atoms with Gasteiger partial charge in [-0.1, -0.05) is 0 Å². The highest BCUT2D eigenvalue weighted by Gasteiger charge is 2.15. The van der Waals surface area contributed by atoms with Gasteiger partial charge in [0, 0.05) is 29.7 Å². The quantitative estimate of drug-likeness (QED) is 0.864. The summed E-state index contributed by atoms with van der Waals surface area (Å²) in [5, 5.41) is 5.56. The highest BCUT2D eigenvalue weighted by molar-refractivity contribution is 7.09. The molecule has 0 saturated heterocycles. The van der Waals surface area contributed by atoms with Gasteiger partial charge in [-0.05, 0) is 13.0 Å². The predicted octanol–water partition coefficient (Wildman–Crippen LogP) is 1.61. The predicted molar refractivity (Wildman–Crippen MR) is 66.6 cm³/mol. The zero-order valence-electron chi connectivity index (χ0n) is 9.25. The Labute approximate surface area is 103 Å². The highest BCUT2D eigenvalue weighted by Crippen LogP contribution is 2.16. The van der Waals surface area contributed by atoms with Gasteiger partial charge >= 0.3 is 0 Å². The Kier molecular flexibility index (Phi) is 3.34. The molecular weight excluding hydrogens is 236 g/mol. The van der Waals surface area contributed by atoms with E-state index in [1.807, 2.05) is 12.3 Å². The molecule has 0 bridgehead atoms. The first kappa shape index (κ1) is 11.5. The van der Waals surface area contributed by atoms with Crippen molar-refractivity contribution >= 4 is 22.9 Å². The van der Waals surface area contributed by atoms with Gasteiger partial charge in [0.1, 0.15) is 5.01 Å². The van der Waals surface area contributed by atoms with Crippen LogP contribution in [0.4, 0.5) is 5.69 Å². The Morgan fingerprint density at radius 1 is 1.53 bits per heavy atom.